The highest BCUT2D eigenvalue weighted by atomic mass is 16.4. The van der Waals surface area contributed by atoms with Crippen LogP contribution in [-0.2, 0) is 0 Å². The summed E-state index contributed by atoms with van der Waals surface area (Å²) in [6.07, 6.45) is -0.0801. The topological polar surface area (TPSA) is 79.5 Å². The Bertz CT molecular complexity index is 647. The van der Waals surface area contributed by atoms with Gasteiger partial charge in [0.2, 0.25) is 0 Å². The maximum absolute atomic E-state index is 11.8. The summed E-state index contributed by atoms with van der Waals surface area (Å²) < 4.78 is 5.07. The molecule has 0 bridgehead atoms. The van der Waals surface area contributed by atoms with Gasteiger partial charge in [-0.25, -0.2) is 4.79 Å². The lowest BCUT2D eigenvalue weighted by atomic mass is 10.1. The minimum Gasteiger partial charge on any atom is -0.422 e. The number of fused-ring (bicyclic) bond motifs is 1. The summed E-state index contributed by atoms with van der Waals surface area (Å²) in [7, 11) is 0. The predicted molar refractivity (Wildman–Crippen MR) is 71.1 cm³/mol. The fraction of sp³-hybridized carbons (Fsp3) is 0.286. The van der Waals surface area contributed by atoms with Gasteiger partial charge >= 0.3 is 5.63 Å². The first-order valence-electron chi connectivity index (χ1n) is 6.11. The first kappa shape index (κ1) is 13.3. The van der Waals surface area contributed by atoms with Crippen LogP contribution in [0.25, 0.3) is 11.0 Å². The van der Waals surface area contributed by atoms with Gasteiger partial charge in [0.25, 0.3) is 5.91 Å². The third-order valence-corrected chi connectivity index (χ3v) is 2.86. The Hall–Kier alpha value is -2.14. The maximum atomic E-state index is 11.8. The summed E-state index contributed by atoms with van der Waals surface area (Å²) in [6.45, 7) is 1.92. The summed E-state index contributed by atoms with van der Waals surface area (Å²) in [5, 5.41) is 12.6. The summed E-state index contributed by atoms with van der Waals surface area (Å²) in [6, 6.07) is 8.47. The van der Waals surface area contributed by atoms with Crippen molar-refractivity contribution in [2.24, 2.45) is 0 Å². The smallest absolute Gasteiger partial charge is 0.349 e. The van der Waals surface area contributed by atoms with E-state index in [0.717, 1.165) is 0 Å². The van der Waals surface area contributed by atoms with Crippen molar-refractivity contribution in [1.29, 1.82) is 0 Å². The Morgan fingerprint density at radius 3 is 2.89 bits per heavy atom. The van der Waals surface area contributed by atoms with Crippen molar-refractivity contribution in [3.63, 3.8) is 0 Å². The van der Waals surface area contributed by atoms with Crippen LogP contribution in [0.2, 0.25) is 0 Å². The van der Waals surface area contributed by atoms with Crippen LogP contribution in [0.15, 0.2) is 39.5 Å². The van der Waals surface area contributed by atoms with E-state index in [4.69, 9.17) is 4.42 Å². The standard InChI is InChI=1S/C14H15NO4/c1-2-10(16)8-15-13(17)11-7-9-5-3-4-6-12(9)19-14(11)18/h3-7,10,16H,2,8H2,1H3,(H,15,17). The highest BCUT2D eigenvalue weighted by Gasteiger charge is 2.14. The van der Waals surface area contributed by atoms with Crippen LogP contribution in [0, 0.1) is 0 Å². The summed E-state index contributed by atoms with van der Waals surface area (Å²) >= 11 is 0. The average Bonchev–Trinajstić information content (AvgIpc) is 2.43. The average molecular weight is 261 g/mol. The van der Waals surface area contributed by atoms with E-state index in [1.807, 2.05) is 0 Å². The second kappa shape index (κ2) is 5.67. The third-order valence-electron chi connectivity index (χ3n) is 2.86. The van der Waals surface area contributed by atoms with Gasteiger partial charge in [-0.1, -0.05) is 25.1 Å². The molecule has 0 fully saturated rings. The van der Waals surface area contributed by atoms with E-state index in [-0.39, 0.29) is 12.1 Å². The normalized spacial score (nSPS) is 12.3. The molecular weight excluding hydrogens is 246 g/mol. The van der Waals surface area contributed by atoms with Crippen molar-refractivity contribution in [3.8, 4) is 0 Å². The molecule has 19 heavy (non-hydrogen) atoms. The monoisotopic (exact) mass is 261 g/mol. The Morgan fingerprint density at radius 1 is 1.42 bits per heavy atom. The van der Waals surface area contributed by atoms with Crippen LogP contribution in [0.3, 0.4) is 0 Å². The summed E-state index contributed by atoms with van der Waals surface area (Å²) in [5.41, 5.74) is -0.290. The zero-order valence-electron chi connectivity index (χ0n) is 10.6. The van der Waals surface area contributed by atoms with Crippen molar-refractivity contribution < 1.29 is 14.3 Å². The number of nitrogens with one attached hydrogen (secondary N) is 1. The molecule has 0 aliphatic carbocycles. The molecule has 0 spiro atoms. The molecule has 0 aliphatic rings. The Morgan fingerprint density at radius 2 is 2.16 bits per heavy atom. The first-order valence-corrected chi connectivity index (χ1v) is 6.11. The summed E-state index contributed by atoms with van der Waals surface area (Å²) in [4.78, 5) is 23.5. The van der Waals surface area contributed by atoms with Gasteiger partial charge in [-0.15, -0.1) is 0 Å². The molecule has 1 heterocycles. The van der Waals surface area contributed by atoms with Gasteiger partial charge in [0, 0.05) is 11.9 Å². The number of carbonyl (C=O) groups is 1. The van der Waals surface area contributed by atoms with E-state index in [2.05, 4.69) is 5.32 Å². The van der Waals surface area contributed by atoms with Crippen LogP contribution in [0.4, 0.5) is 0 Å². The predicted octanol–water partition coefficient (Wildman–Crippen LogP) is 1.29. The number of aliphatic hydroxyl groups is 1. The Labute approximate surface area is 109 Å². The molecule has 2 aromatic rings. The van der Waals surface area contributed by atoms with Crippen molar-refractivity contribution in [3.05, 3.63) is 46.3 Å². The van der Waals surface area contributed by atoms with Gasteiger partial charge in [0.05, 0.1) is 6.10 Å². The number of carbonyl (C=O) groups excluding carboxylic acids is 1. The SMILES string of the molecule is CCC(O)CNC(=O)c1cc2ccccc2oc1=O. The van der Waals surface area contributed by atoms with E-state index in [1.165, 1.54) is 6.07 Å². The molecule has 2 N–H and O–H groups in total. The molecule has 1 aromatic heterocycles. The molecular formula is C14H15NO4. The van der Waals surface area contributed by atoms with Crippen LogP contribution in [-0.4, -0.2) is 23.7 Å². The highest BCUT2D eigenvalue weighted by molar-refractivity contribution is 5.96. The quantitative estimate of drug-likeness (QED) is 0.813. The Balaban J connectivity index is 2.27. The fourth-order valence-corrected chi connectivity index (χ4v) is 1.67. The lowest BCUT2D eigenvalue weighted by Gasteiger charge is -2.09. The number of rotatable bonds is 4. The molecule has 0 saturated carbocycles. The zero-order valence-corrected chi connectivity index (χ0v) is 10.6. The maximum Gasteiger partial charge on any atom is 0.349 e. The van der Waals surface area contributed by atoms with Gasteiger partial charge in [-0.05, 0) is 18.6 Å². The van der Waals surface area contributed by atoms with Gasteiger partial charge in [-0.2, -0.15) is 0 Å². The van der Waals surface area contributed by atoms with E-state index in [0.29, 0.717) is 17.4 Å². The van der Waals surface area contributed by atoms with Crippen molar-refractivity contribution >= 4 is 16.9 Å². The molecule has 1 amide bonds. The first-order chi connectivity index (χ1) is 9.11. The third kappa shape index (κ3) is 3.00. The minimum absolute atomic E-state index is 0.0537. The van der Waals surface area contributed by atoms with E-state index in [1.54, 1.807) is 31.2 Å². The van der Waals surface area contributed by atoms with Gasteiger partial charge in [0.15, 0.2) is 0 Å². The van der Waals surface area contributed by atoms with Crippen molar-refractivity contribution in [2.45, 2.75) is 19.4 Å². The van der Waals surface area contributed by atoms with Gasteiger partial charge in [-0.3, -0.25) is 4.79 Å². The molecule has 1 unspecified atom stereocenters. The fourth-order valence-electron chi connectivity index (χ4n) is 1.67. The molecule has 1 aromatic carbocycles. The van der Waals surface area contributed by atoms with E-state index < -0.39 is 17.6 Å². The number of amides is 1. The molecule has 1 atom stereocenters. The number of hydrogen-bond acceptors (Lipinski definition) is 4. The molecule has 2 rings (SSSR count). The van der Waals surface area contributed by atoms with Crippen LogP contribution < -0.4 is 10.9 Å². The van der Waals surface area contributed by atoms with Crippen molar-refractivity contribution in [2.75, 3.05) is 6.54 Å². The lowest BCUT2D eigenvalue weighted by Crippen LogP contribution is -2.34. The Kier molecular flexibility index (Phi) is 3.97. The number of hydrogen-bond donors (Lipinski definition) is 2. The van der Waals surface area contributed by atoms with E-state index in [9.17, 15) is 14.7 Å². The summed E-state index contributed by atoms with van der Waals surface area (Å²) in [5.74, 6) is -0.535. The second-order valence-electron chi connectivity index (χ2n) is 4.26. The van der Waals surface area contributed by atoms with Crippen LogP contribution in [0.5, 0.6) is 0 Å². The van der Waals surface area contributed by atoms with E-state index >= 15 is 0 Å². The van der Waals surface area contributed by atoms with Gasteiger partial charge in [0.1, 0.15) is 11.1 Å². The number of para-hydroxylation sites is 1. The zero-order chi connectivity index (χ0) is 13.8. The molecule has 100 valence electrons. The molecule has 5 heteroatoms. The highest BCUT2D eigenvalue weighted by Crippen LogP contribution is 2.12. The molecule has 0 aliphatic heterocycles. The second-order valence-corrected chi connectivity index (χ2v) is 4.26. The minimum atomic E-state index is -0.679. The number of benzene rings is 1. The van der Waals surface area contributed by atoms with Gasteiger partial charge < -0.3 is 14.8 Å². The molecule has 0 saturated heterocycles. The number of aliphatic hydroxyl groups excluding tert-OH is 1. The largest absolute Gasteiger partial charge is 0.422 e. The van der Waals surface area contributed by atoms with Crippen molar-refractivity contribution in [1.82, 2.24) is 5.32 Å². The van der Waals surface area contributed by atoms with Crippen LogP contribution in [0.1, 0.15) is 23.7 Å². The molecule has 5 nitrogen and oxygen atoms in total. The van der Waals surface area contributed by atoms with Crippen LogP contribution >= 0.6 is 0 Å². The lowest BCUT2D eigenvalue weighted by molar-refractivity contribution is 0.0910. The molecule has 0 radical (unpaired) electrons.